The van der Waals surface area contributed by atoms with Crippen molar-refractivity contribution in [3.63, 3.8) is 0 Å². The summed E-state index contributed by atoms with van der Waals surface area (Å²) < 4.78 is 13.7. The lowest BCUT2D eigenvalue weighted by atomic mass is 9.92. The third-order valence-electron chi connectivity index (χ3n) is 7.00. The van der Waals surface area contributed by atoms with Gasteiger partial charge >= 0.3 is 0 Å². The Kier molecular flexibility index (Phi) is 7.55. The number of anilines is 1. The Morgan fingerprint density at radius 2 is 1.95 bits per heavy atom. The number of carbonyl (C=O) groups excluding carboxylic acids is 2. The Hall–Kier alpha value is -3.66. The lowest BCUT2D eigenvalue weighted by molar-refractivity contribution is -0.129. The van der Waals surface area contributed by atoms with Crippen molar-refractivity contribution in [1.29, 1.82) is 0 Å². The van der Waals surface area contributed by atoms with Gasteiger partial charge in [0.05, 0.1) is 29.7 Å². The first-order valence-electron chi connectivity index (χ1n) is 12.9. The van der Waals surface area contributed by atoms with Gasteiger partial charge in [0.1, 0.15) is 18.5 Å². The minimum atomic E-state index is -0.114. The van der Waals surface area contributed by atoms with Crippen molar-refractivity contribution in [2.45, 2.75) is 44.4 Å². The fourth-order valence-electron chi connectivity index (χ4n) is 4.80. The van der Waals surface area contributed by atoms with Crippen LogP contribution in [0.3, 0.4) is 0 Å². The largest absolute Gasteiger partial charge is 0.474 e. The van der Waals surface area contributed by atoms with E-state index in [2.05, 4.69) is 15.2 Å². The van der Waals surface area contributed by atoms with E-state index < -0.39 is 0 Å². The maximum atomic E-state index is 12.8. The summed E-state index contributed by atoms with van der Waals surface area (Å²) in [6.07, 6.45) is 8.61. The number of pyridine rings is 2. The number of rotatable bonds is 7. The second-order valence-electron chi connectivity index (χ2n) is 9.88. The lowest BCUT2D eigenvalue weighted by Crippen LogP contribution is -2.39. The van der Waals surface area contributed by atoms with Crippen LogP contribution in [-0.2, 0) is 16.1 Å². The third kappa shape index (κ3) is 6.02. The summed E-state index contributed by atoms with van der Waals surface area (Å²) in [7, 11) is 3.44. The molecule has 2 aliphatic rings. The van der Waals surface area contributed by atoms with E-state index in [-0.39, 0.29) is 30.5 Å². The lowest BCUT2D eigenvalue weighted by Gasteiger charge is -2.31. The molecule has 1 N–H and O–H groups in total. The number of likely N-dealkylation sites (N-methyl/N-ethyl adjacent to an activating group) is 1. The predicted molar refractivity (Wildman–Crippen MR) is 140 cm³/mol. The molecule has 196 valence electrons. The topological polar surface area (TPSA) is 102 Å². The maximum Gasteiger partial charge on any atom is 0.253 e. The number of amides is 2. The Balaban J connectivity index is 1.18. The summed E-state index contributed by atoms with van der Waals surface area (Å²) in [5.74, 6) is 1.35. The molecule has 1 aliphatic heterocycles. The van der Waals surface area contributed by atoms with Crippen LogP contribution in [0.2, 0.25) is 0 Å². The summed E-state index contributed by atoms with van der Waals surface area (Å²) in [5.41, 5.74) is 1.43. The van der Waals surface area contributed by atoms with Crippen molar-refractivity contribution in [3.05, 3.63) is 48.4 Å². The van der Waals surface area contributed by atoms with Gasteiger partial charge in [-0.15, -0.1) is 0 Å². The van der Waals surface area contributed by atoms with Gasteiger partial charge in [0.2, 0.25) is 11.8 Å². The number of ether oxygens (including phenoxy) is 2. The molecular formula is C27H34N6O4. The highest BCUT2D eigenvalue weighted by Crippen LogP contribution is 2.31. The van der Waals surface area contributed by atoms with E-state index in [9.17, 15) is 9.59 Å². The highest BCUT2D eigenvalue weighted by Gasteiger charge is 2.26. The van der Waals surface area contributed by atoms with Crippen molar-refractivity contribution in [2.24, 2.45) is 0 Å². The van der Waals surface area contributed by atoms with E-state index in [4.69, 9.17) is 14.5 Å². The summed E-state index contributed by atoms with van der Waals surface area (Å²) in [6.45, 7) is 3.18. The Labute approximate surface area is 216 Å². The van der Waals surface area contributed by atoms with E-state index in [1.165, 1.54) is 4.90 Å². The smallest absolute Gasteiger partial charge is 0.253 e. The predicted octanol–water partition coefficient (Wildman–Crippen LogP) is 2.48. The summed E-state index contributed by atoms with van der Waals surface area (Å²) >= 11 is 0. The van der Waals surface area contributed by atoms with E-state index in [0.29, 0.717) is 24.7 Å². The molecule has 1 saturated heterocycles. The molecule has 2 amide bonds. The Morgan fingerprint density at radius 1 is 1.16 bits per heavy atom. The monoisotopic (exact) mass is 506 g/mol. The quantitative estimate of drug-likeness (QED) is 0.525. The fraction of sp³-hybridized carbons (Fsp3) is 0.481. The van der Waals surface area contributed by atoms with Crippen LogP contribution in [0.1, 0.15) is 36.0 Å². The highest BCUT2D eigenvalue weighted by molar-refractivity contribution is 5.94. The molecule has 1 saturated carbocycles. The van der Waals surface area contributed by atoms with Crippen LogP contribution in [0.5, 0.6) is 5.88 Å². The molecule has 0 spiro atoms. The van der Waals surface area contributed by atoms with Crippen molar-refractivity contribution >= 4 is 28.5 Å². The summed E-state index contributed by atoms with van der Waals surface area (Å²) in [4.78, 5) is 37.8. The van der Waals surface area contributed by atoms with Gasteiger partial charge in [-0.2, -0.15) is 4.98 Å². The summed E-state index contributed by atoms with van der Waals surface area (Å²) in [6, 6.07) is 7.76. The van der Waals surface area contributed by atoms with Gasteiger partial charge in [-0.1, -0.05) is 0 Å². The molecule has 3 aromatic rings. The number of hydrogen-bond donors (Lipinski definition) is 1. The summed E-state index contributed by atoms with van der Waals surface area (Å²) in [5, 5.41) is 4.05. The zero-order valence-corrected chi connectivity index (χ0v) is 21.4. The molecule has 37 heavy (non-hydrogen) atoms. The van der Waals surface area contributed by atoms with E-state index >= 15 is 0 Å². The second kappa shape index (κ2) is 11.2. The molecule has 2 fully saturated rings. The molecule has 5 rings (SSSR count). The van der Waals surface area contributed by atoms with Crippen LogP contribution < -0.4 is 15.0 Å². The standard InChI is InChI=1S/C27H34N6O4/c1-31(2)25(34)18-32-11-9-19(17-32)26(35)29-20-5-7-21(8-6-20)37-27-22-4-3-10-28-23(22)16-24(30-27)33-12-14-36-15-13-33/h3-4,9-11,16-17,20-21H,5-8,12-15,18H2,1-2H3,(H,29,35). The van der Waals surface area contributed by atoms with E-state index in [1.807, 2.05) is 18.2 Å². The molecule has 0 atom stereocenters. The van der Waals surface area contributed by atoms with Gasteiger partial charge in [0, 0.05) is 57.9 Å². The van der Waals surface area contributed by atoms with Crippen molar-refractivity contribution in [3.8, 4) is 5.88 Å². The van der Waals surface area contributed by atoms with Crippen LogP contribution in [0, 0.1) is 0 Å². The van der Waals surface area contributed by atoms with Crippen LogP contribution in [-0.4, -0.2) is 83.8 Å². The van der Waals surface area contributed by atoms with Gasteiger partial charge in [-0.05, 0) is 43.9 Å². The first-order valence-corrected chi connectivity index (χ1v) is 12.9. The number of carbonyl (C=O) groups is 2. The Morgan fingerprint density at radius 3 is 2.70 bits per heavy atom. The molecule has 10 nitrogen and oxygen atoms in total. The molecule has 0 bridgehead atoms. The van der Waals surface area contributed by atoms with Gasteiger partial charge in [0.25, 0.3) is 5.91 Å². The van der Waals surface area contributed by atoms with Crippen molar-refractivity contribution in [1.82, 2.24) is 24.8 Å². The average Bonchev–Trinajstić information content (AvgIpc) is 3.39. The van der Waals surface area contributed by atoms with E-state index in [0.717, 1.165) is 55.5 Å². The van der Waals surface area contributed by atoms with Crippen LogP contribution in [0.25, 0.3) is 10.9 Å². The maximum absolute atomic E-state index is 12.8. The number of fused-ring (bicyclic) bond motifs is 1. The van der Waals surface area contributed by atoms with Crippen LogP contribution in [0.15, 0.2) is 42.9 Å². The zero-order chi connectivity index (χ0) is 25.8. The SMILES string of the molecule is CN(C)C(=O)Cn1ccc(C(=O)NC2CCC(Oc3nc(N4CCOCC4)cc4ncccc34)CC2)c1. The molecule has 3 aromatic heterocycles. The first-order chi connectivity index (χ1) is 18.0. The molecular weight excluding hydrogens is 472 g/mol. The average molecular weight is 507 g/mol. The molecule has 0 radical (unpaired) electrons. The number of nitrogens with one attached hydrogen (secondary N) is 1. The number of morpholine rings is 1. The third-order valence-corrected chi connectivity index (χ3v) is 7.00. The number of hydrogen-bond acceptors (Lipinski definition) is 7. The normalized spacial score (nSPS) is 20.0. The number of nitrogens with zero attached hydrogens (tertiary/aromatic N) is 5. The van der Waals surface area contributed by atoms with Crippen LogP contribution >= 0.6 is 0 Å². The van der Waals surface area contributed by atoms with Gasteiger partial charge in [0.15, 0.2) is 0 Å². The number of aromatic nitrogens is 3. The van der Waals surface area contributed by atoms with E-state index in [1.54, 1.807) is 43.3 Å². The fourth-order valence-corrected chi connectivity index (χ4v) is 4.80. The zero-order valence-electron chi connectivity index (χ0n) is 21.4. The van der Waals surface area contributed by atoms with Crippen molar-refractivity contribution in [2.75, 3.05) is 45.3 Å². The minimum Gasteiger partial charge on any atom is -0.474 e. The molecule has 0 aromatic carbocycles. The van der Waals surface area contributed by atoms with Gasteiger partial charge in [-0.3, -0.25) is 14.6 Å². The minimum absolute atomic E-state index is 0.0191. The second-order valence-corrected chi connectivity index (χ2v) is 9.88. The van der Waals surface area contributed by atoms with Gasteiger partial charge in [-0.25, -0.2) is 0 Å². The highest BCUT2D eigenvalue weighted by atomic mass is 16.5. The molecule has 4 heterocycles. The molecule has 1 aliphatic carbocycles. The van der Waals surface area contributed by atoms with Crippen LogP contribution in [0.4, 0.5) is 5.82 Å². The first kappa shape index (κ1) is 25.0. The molecule has 10 heteroatoms. The molecule has 0 unspecified atom stereocenters. The Bertz CT molecular complexity index is 1240. The van der Waals surface area contributed by atoms with Gasteiger partial charge < -0.3 is 29.2 Å². The van der Waals surface area contributed by atoms with Crippen molar-refractivity contribution < 1.29 is 19.1 Å².